The fraction of sp³-hybridized carbons (Fsp3) is 0.500. The summed E-state index contributed by atoms with van der Waals surface area (Å²) in [5.74, 6) is -78.7. The SMILES string of the molecule is CCN(CCC(F)(F)C(F)(F)C(F)(F)C(F)(F)C(F)(F)C(F)(F)F)c1ccc2c(-c3ccccc3C(=O)O)c3ccc(=[N+](CC)CCC(F)(F)C(F)(F)C(F)(F)C(F)(F)C(F)(F)C(F)(F)F)cc-3oc2c1.[Cl-]. The number of benzene rings is 3. The van der Waals surface area contributed by atoms with Crippen LogP contribution in [0.1, 0.15) is 37.0 Å². The Hall–Kier alpha value is -5.13. The Labute approximate surface area is 391 Å². The smallest absolute Gasteiger partial charge is 0.460 e. The maximum atomic E-state index is 14.8. The van der Waals surface area contributed by atoms with Crippen molar-refractivity contribution in [2.45, 2.75) is 98.3 Å². The molecule has 0 spiro atoms. The molecule has 0 saturated heterocycles. The van der Waals surface area contributed by atoms with Crippen LogP contribution < -0.4 is 27.2 Å². The first-order chi connectivity index (χ1) is 31.8. The van der Waals surface area contributed by atoms with E-state index in [1.165, 1.54) is 18.2 Å². The van der Waals surface area contributed by atoms with Gasteiger partial charge in [-0.2, -0.15) is 114 Å². The Morgan fingerprint density at radius 3 is 1.46 bits per heavy atom. The molecule has 0 bridgehead atoms. The average Bonchev–Trinajstić information content (AvgIpc) is 3.24. The number of carbonyl (C=O) groups is 1. The molecule has 0 amide bonds. The third kappa shape index (κ3) is 9.62. The van der Waals surface area contributed by atoms with Gasteiger partial charge in [0.1, 0.15) is 24.4 Å². The quantitative estimate of drug-likeness (QED) is 0.0578. The zero-order chi connectivity index (χ0) is 54.9. The van der Waals surface area contributed by atoms with E-state index in [0.29, 0.717) is 9.48 Å². The molecule has 1 N–H and O–H groups in total. The fourth-order valence-corrected chi connectivity index (χ4v) is 6.85. The first kappa shape index (κ1) is 61.2. The van der Waals surface area contributed by atoms with E-state index in [1.807, 2.05) is 0 Å². The van der Waals surface area contributed by atoms with Crippen LogP contribution in [-0.4, -0.2) is 109 Å². The molecular weight excluding hydrogens is 1090 g/mol. The van der Waals surface area contributed by atoms with Crippen molar-refractivity contribution in [3.63, 3.8) is 0 Å². The van der Waals surface area contributed by atoms with E-state index in [1.54, 1.807) is 0 Å². The minimum Gasteiger partial charge on any atom is -1.00 e. The summed E-state index contributed by atoms with van der Waals surface area (Å²) in [5, 5.41) is 9.36. The van der Waals surface area contributed by atoms with Crippen LogP contribution >= 0.6 is 0 Å². The second-order valence-corrected chi connectivity index (χ2v) is 15.3. The highest BCUT2D eigenvalue weighted by atomic mass is 35.5. The zero-order valence-corrected chi connectivity index (χ0v) is 36.1. The van der Waals surface area contributed by atoms with E-state index in [4.69, 9.17) is 4.42 Å². The van der Waals surface area contributed by atoms with Gasteiger partial charge in [0.25, 0.3) is 0 Å². The van der Waals surface area contributed by atoms with Gasteiger partial charge in [0, 0.05) is 53.8 Å². The molecule has 5 nitrogen and oxygen atoms in total. The average molecular weight is 1120 g/mol. The Morgan fingerprint density at radius 2 is 1.01 bits per heavy atom. The minimum absolute atomic E-state index is 0. The highest BCUT2D eigenvalue weighted by molar-refractivity contribution is 6.07. The molecule has 406 valence electrons. The predicted molar refractivity (Wildman–Crippen MR) is 195 cm³/mol. The first-order valence-corrected chi connectivity index (χ1v) is 19.4. The largest absolute Gasteiger partial charge is 1.00 e. The summed E-state index contributed by atoms with van der Waals surface area (Å²) in [6, 6.07) is 10.4. The highest BCUT2D eigenvalue weighted by Gasteiger charge is 2.92. The number of nitrogens with zero attached hydrogens (tertiary/aromatic N) is 2. The lowest BCUT2D eigenvalue weighted by atomic mass is 9.90. The molecular formula is C40H29ClF26N2O3. The van der Waals surface area contributed by atoms with Gasteiger partial charge < -0.3 is 26.8 Å². The summed E-state index contributed by atoms with van der Waals surface area (Å²) < 4.78 is 364. The molecule has 0 aromatic heterocycles. The molecule has 4 rings (SSSR count). The number of hydrogen-bond donors (Lipinski definition) is 1. The van der Waals surface area contributed by atoms with Crippen LogP contribution in [0.15, 0.2) is 65.1 Å². The van der Waals surface area contributed by atoms with E-state index >= 15 is 0 Å². The minimum atomic E-state index is -8.16. The van der Waals surface area contributed by atoms with Gasteiger partial charge in [0.15, 0.2) is 0 Å². The van der Waals surface area contributed by atoms with Crippen LogP contribution in [0, 0.1) is 0 Å². The maximum absolute atomic E-state index is 14.8. The maximum Gasteiger partial charge on any atom is 0.460 e. The summed E-state index contributed by atoms with van der Waals surface area (Å²) in [4.78, 5) is 12.9. The van der Waals surface area contributed by atoms with Crippen LogP contribution in [0.25, 0.3) is 33.4 Å². The van der Waals surface area contributed by atoms with Crippen molar-refractivity contribution >= 4 is 22.6 Å². The number of anilines is 1. The standard InChI is InChI=1S/C40H28F26N2O3.ClH/c1-3-67(15-13-29(41,42)31(45,46)33(49,50)35(53,54)37(57,58)39(61,62)63)19-9-11-23-25(17-19)71-26-18-20(10-12-24(26)27(23)21-7-5-6-8-22(21)28(69)70)68(4-2)16-14-30(43,44)32(47,48)34(51,52)36(55,56)38(59,60)40(64,65)66;/h5-12,17-18H,3-4,13-16H2,1-2H3;1H. The van der Waals surface area contributed by atoms with Crippen molar-refractivity contribution in [2.75, 3.05) is 31.1 Å². The lowest BCUT2D eigenvalue weighted by Crippen LogP contribution is -3.00. The van der Waals surface area contributed by atoms with Gasteiger partial charge in [-0.25, -0.2) is 9.37 Å². The van der Waals surface area contributed by atoms with E-state index in [0.717, 1.165) is 56.3 Å². The Kier molecular flexibility index (Phi) is 16.4. The van der Waals surface area contributed by atoms with E-state index in [2.05, 4.69) is 0 Å². The number of carboxylic acids is 1. The fourth-order valence-electron chi connectivity index (χ4n) is 6.85. The molecule has 0 saturated carbocycles. The third-order valence-corrected chi connectivity index (χ3v) is 11.0. The van der Waals surface area contributed by atoms with Crippen molar-refractivity contribution in [3.8, 4) is 22.5 Å². The Bertz CT molecular complexity index is 2640. The summed E-state index contributed by atoms with van der Waals surface area (Å²) in [6.07, 6.45) is -20.6. The van der Waals surface area contributed by atoms with Crippen LogP contribution in [-0.2, 0) is 0 Å². The van der Waals surface area contributed by atoms with Gasteiger partial charge in [0.05, 0.1) is 18.1 Å². The summed E-state index contributed by atoms with van der Waals surface area (Å²) in [5.41, 5.74) is -1.91. The molecule has 0 fully saturated rings. The van der Waals surface area contributed by atoms with Gasteiger partial charge in [-0.1, -0.05) is 18.2 Å². The van der Waals surface area contributed by atoms with Crippen molar-refractivity contribution in [2.24, 2.45) is 0 Å². The van der Waals surface area contributed by atoms with E-state index in [-0.39, 0.29) is 34.5 Å². The van der Waals surface area contributed by atoms with Gasteiger partial charge in [0.2, 0.25) is 5.36 Å². The van der Waals surface area contributed by atoms with E-state index in [9.17, 15) is 124 Å². The molecule has 1 heterocycles. The second kappa shape index (κ2) is 19.3. The topological polar surface area (TPSA) is 56.7 Å². The number of carboxylic acid groups (broad SMARTS) is 1. The van der Waals surface area contributed by atoms with Gasteiger partial charge in [-0.05, 0) is 43.7 Å². The number of rotatable bonds is 19. The molecule has 0 radical (unpaired) electrons. The van der Waals surface area contributed by atoms with Crippen LogP contribution in [0.3, 0.4) is 0 Å². The molecule has 32 heteroatoms. The molecule has 0 unspecified atom stereocenters. The first-order valence-electron chi connectivity index (χ1n) is 19.4. The van der Waals surface area contributed by atoms with E-state index < -0.39 is 145 Å². The van der Waals surface area contributed by atoms with Crippen LogP contribution in [0.5, 0.6) is 0 Å². The molecule has 2 aromatic rings. The van der Waals surface area contributed by atoms with Crippen molar-refractivity contribution in [1.29, 1.82) is 0 Å². The van der Waals surface area contributed by atoms with Gasteiger partial charge >= 0.3 is 77.5 Å². The predicted octanol–water partition coefficient (Wildman–Crippen LogP) is 10.8. The normalized spacial score (nSPS) is 14.9. The number of halogens is 27. The summed E-state index contributed by atoms with van der Waals surface area (Å²) in [6.45, 7) is -2.34. The summed E-state index contributed by atoms with van der Waals surface area (Å²) in [7, 11) is 0. The van der Waals surface area contributed by atoms with Crippen molar-refractivity contribution in [1.82, 2.24) is 4.58 Å². The lowest BCUT2D eigenvalue weighted by molar-refractivity contribution is -0.440. The number of fused-ring (bicyclic) bond motifs is 2. The molecule has 1 aliphatic heterocycles. The van der Waals surface area contributed by atoms with Gasteiger partial charge in [-0.15, -0.1) is 0 Å². The Morgan fingerprint density at radius 1 is 0.556 bits per heavy atom. The number of aromatic carboxylic acids is 1. The summed E-state index contributed by atoms with van der Waals surface area (Å²) >= 11 is 0. The molecule has 2 aliphatic rings. The zero-order valence-electron chi connectivity index (χ0n) is 35.4. The molecule has 0 atom stereocenters. The van der Waals surface area contributed by atoms with Crippen molar-refractivity contribution in [3.05, 3.63) is 71.6 Å². The van der Waals surface area contributed by atoms with Gasteiger partial charge in [-0.3, -0.25) is 0 Å². The monoisotopic (exact) mass is 1110 g/mol. The number of alkyl halides is 26. The second-order valence-electron chi connectivity index (χ2n) is 15.3. The number of hydrogen-bond acceptors (Lipinski definition) is 3. The molecule has 2 aromatic carbocycles. The molecule has 1 aliphatic carbocycles. The van der Waals surface area contributed by atoms with Crippen LogP contribution in [0.2, 0.25) is 0 Å². The van der Waals surface area contributed by atoms with Crippen LogP contribution in [0.4, 0.5) is 120 Å². The third-order valence-electron chi connectivity index (χ3n) is 11.0. The Balaban J connectivity index is 0.0000137. The molecule has 72 heavy (non-hydrogen) atoms. The lowest BCUT2D eigenvalue weighted by Gasteiger charge is -2.40. The highest BCUT2D eigenvalue weighted by Crippen LogP contribution is 2.62. The van der Waals surface area contributed by atoms with Crippen molar-refractivity contribution < 1.29 is 141 Å².